The first-order valence-corrected chi connectivity index (χ1v) is 8.33. The summed E-state index contributed by atoms with van der Waals surface area (Å²) in [6.45, 7) is 2.05. The maximum atomic E-state index is 6.32. The molecule has 0 fully saturated rings. The molecule has 0 aliphatic carbocycles. The summed E-state index contributed by atoms with van der Waals surface area (Å²) in [5, 5.41) is 11.0. The summed E-state index contributed by atoms with van der Waals surface area (Å²) in [5.74, 6) is 1.56. The Kier molecular flexibility index (Phi) is 4.08. The van der Waals surface area contributed by atoms with Gasteiger partial charge in [-0.25, -0.2) is 0 Å². The molecule has 4 aromatic rings. The molecule has 122 valence electrons. The van der Waals surface area contributed by atoms with Crippen molar-refractivity contribution in [2.45, 2.75) is 6.92 Å². The second kappa shape index (κ2) is 6.54. The van der Waals surface area contributed by atoms with Crippen LogP contribution in [0.5, 0.6) is 11.5 Å². The molecule has 1 heterocycles. The molecule has 0 saturated carbocycles. The smallest absolute Gasteiger partial charge is 0.128 e. The number of nitrogens with zero attached hydrogens (tertiary/aromatic N) is 2. The van der Waals surface area contributed by atoms with Crippen LogP contribution in [0, 0.1) is 6.92 Å². The summed E-state index contributed by atoms with van der Waals surface area (Å²) in [6.07, 6.45) is 1.73. The van der Waals surface area contributed by atoms with Crippen LogP contribution in [0.2, 0.25) is 5.02 Å². The van der Waals surface area contributed by atoms with Crippen LogP contribution in [0.15, 0.2) is 72.9 Å². The molecule has 0 atom stereocenters. The molecule has 0 aliphatic rings. The average Bonchev–Trinajstić information content (AvgIpc) is 2.63. The number of halogens is 1. The molecule has 3 aromatic carbocycles. The Morgan fingerprint density at radius 3 is 2.44 bits per heavy atom. The van der Waals surface area contributed by atoms with Crippen molar-refractivity contribution in [2.75, 3.05) is 0 Å². The van der Waals surface area contributed by atoms with Gasteiger partial charge in [-0.2, -0.15) is 5.10 Å². The van der Waals surface area contributed by atoms with Gasteiger partial charge in [0.15, 0.2) is 0 Å². The fraction of sp³-hybridized carbons (Fsp3) is 0.0476. The fourth-order valence-corrected chi connectivity index (χ4v) is 2.95. The lowest BCUT2D eigenvalue weighted by Crippen LogP contribution is -1.91. The molecule has 4 heteroatoms. The molecule has 0 radical (unpaired) electrons. The molecule has 3 nitrogen and oxygen atoms in total. The number of fused-ring (bicyclic) bond motifs is 1. The van der Waals surface area contributed by atoms with Gasteiger partial charge in [0.1, 0.15) is 17.2 Å². The molecule has 0 aliphatic heterocycles. The first-order chi connectivity index (χ1) is 12.2. The third-order valence-electron chi connectivity index (χ3n) is 4.02. The molecule has 4 rings (SSSR count). The maximum Gasteiger partial charge on any atom is 0.128 e. The zero-order chi connectivity index (χ0) is 17.2. The summed E-state index contributed by atoms with van der Waals surface area (Å²) < 4.78 is 5.94. The van der Waals surface area contributed by atoms with Crippen LogP contribution in [0.25, 0.3) is 22.0 Å². The predicted molar refractivity (Wildman–Crippen MR) is 101 cm³/mol. The normalized spacial score (nSPS) is 10.8. The minimum Gasteiger partial charge on any atom is -0.457 e. The lowest BCUT2D eigenvalue weighted by atomic mass is 10.1. The van der Waals surface area contributed by atoms with Crippen molar-refractivity contribution < 1.29 is 4.74 Å². The molecule has 0 bridgehead atoms. The van der Waals surface area contributed by atoms with Crippen LogP contribution in [-0.2, 0) is 0 Å². The molecule has 1 aromatic heterocycles. The summed E-state index contributed by atoms with van der Waals surface area (Å²) >= 11 is 6.32. The van der Waals surface area contributed by atoms with Crippen LogP contribution in [0.3, 0.4) is 0 Å². The van der Waals surface area contributed by atoms with Gasteiger partial charge in [-0.15, -0.1) is 5.10 Å². The topological polar surface area (TPSA) is 35.0 Å². The van der Waals surface area contributed by atoms with Crippen molar-refractivity contribution in [2.24, 2.45) is 0 Å². The van der Waals surface area contributed by atoms with Crippen molar-refractivity contribution in [3.63, 3.8) is 0 Å². The number of rotatable bonds is 3. The van der Waals surface area contributed by atoms with E-state index in [2.05, 4.69) is 17.1 Å². The molecule has 0 N–H and O–H groups in total. The van der Waals surface area contributed by atoms with E-state index in [1.165, 1.54) is 5.56 Å². The summed E-state index contributed by atoms with van der Waals surface area (Å²) in [5.41, 5.74) is 2.84. The Hall–Kier alpha value is -2.91. The lowest BCUT2D eigenvalue weighted by molar-refractivity contribution is 0.483. The largest absolute Gasteiger partial charge is 0.457 e. The number of aryl methyl sites for hydroxylation is 1. The van der Waals surface area contributed by atoms with Crippen molar-refractivity contribution in [3.8, 4) is 22.8 Å². The van der Waals surface area contributed by atoms with Gasteiger partial charge in [0.05, 0.1) is 11.2 Å². The minimum atomic E-state index is 0.657. The van der Waals surface area contributed by atoms with Crippen LogP contribution in [0.1, 0.15) is 5.56 Å². The number of ether oxygens (including phenoxy) is 1. The third kappa shape index (κ3) is 3.19. The van der Waals surface area contributed by atoms with E-state index in [0.29, 0.717) is 5.02 Å². The average molecular weight is 347 g/mol. The highest BCUT2D eigenvalue weighted by Crippen LogP contribution is 2.33. The van der Waals surface area contributed by atoms with Crippen LogP contribution >= 0.6 is 11.6 Å². The van der Waals surface area contributed by atoms with Gasteiger partial charge in [0, 0.05) is 16.3 Å². The number of hydrogen-bond donors (Lipinski definition) is 0. The highest BCUT2D eigenvalue weighted by atomic mass is 35.5. The standard InChI is InChI=1S/C21H15ClN2O/c1-14-6-8-16(9-7-14)25-17-10-11-18-15(12-17)13-23-24-21(18)19-4-2-3-5-20(19)22/h2-13H,1H3. The van der Waals surface area contributed by atoms with Crippen molar-refractivity contribution in [1.29, 1.82) is 0 Å². The molecular weight excluding hydrogens is 332 g/mol. The van der Waals surface area contributed by atoms with Gasteiger partial charge in [0.25, 0.3) is 0 Å². The predicted octanol–water partition coefficient (Wildman–Crippen LogP) is 6.05. The van der Waals surface area contributed by atoms with Gasteiger partial charge < -0.3 is 4.74 Å². The molecule has 0 saturated heterocycles. The van der Waals surface area contributed by atoms with E-state index in [0.717, 1.165) is 33.5 Å². The van der Waals surface area contributed by atoms with E-state index < -0.39 is 0 Å². The Labute approximate surface area is 150 Å². The fourth-order valence-electron chi connectivity index (χ4n) is 2.72. The van der Waals surface area contributed by atoms with Crippen LogP contribution < -0.4 is 4.74 Å². The molecule has 25 heavy (non-hydrogen) atoms. The number of hydrogen-bond acceptors (Lipinski definition) is 3. The molecule has 0 amide bonds. The minimum absolute atomic E-state index is 0.657. The van der Waals surface area contributed by atoms with Crippen LogP contribution in [0.4, 0.5) is 0 Å². The van der Waals surface area contributed by atoms with Gasteiger partial charge >= 0.3 is 0 Å². The van der Waals surface area contributed by atoms with E-state index in [4.69, 9.17) is 16.3 Å². The van der Waals surface area contributed by atoms with Crippen molar-refractivity contribution in [1.82, 2.24) is 10.2 Å². The Morgan fingerprint density at radius 2 is 1.64 bits per heavy atom. The first-order valence-electron chi connectivity index (χ1n) is 7.95. The second-order valence-corrected chi connectivity index (χ2v) is 6.24. The van der Waals surface area contributed by atoms with Crippen molar-refractivity contribution >= 4 is 22.4 Å². The van der Waals surface area contributed by atoms with Crippen molar-refractivity contribution in [3.05, 3.63) is 83.5 Å². The van der Waals surface area contributed by atoms with Gasteiger partial charge in [-0.05, 0) is 43.3 Å². The number of benzene rings is 3. The SMILES string of the molecule is Cc1ccc(Oc2ccc3c(-c4ccccc4Cl)nncc3c2)cc1. The first kappa shape index (κ1) is 15.6. The summed E-state index contributed by atoms with van der Waals surface area (Å²) in [4.78, 5) is 0. The molecule has 0 unspecified atom stereocenters. The van der Waals surface area contributed by atoms with Gasteiger partial charge in [-0.3, -0.25) is 0 Å². The Balaban J connectivity index is 1.75. The second-order valence-electron chi connectivity index (χ2n) is 5.84. The van der Waals surface area contributed by atoms with Gasteiger partial charge in [-0.1, -0.05) is 47.5 Å². The van der Waals surface area contributed by atoms with E-state index in [-0.39, 0.29) is 0 Å². The van der Waals surface area contributed by atoms with Gasteiger partial charge in [0.2, 0.25) is 0 Å². The van der Waals surface area contributed by atoms with Crippen LogP contribution in [-0.4, -0.2) is 10.2 Å². The Bertz CT molecular complexity index is 1050. The van der Waals surface area contributed by atoms with E-state index in [1.54, 1.807) is 6.20 Å². The maximum absolute atomic E-state index is 6.32. The zero-order valence-electron chi connectivity index (χ0n) is 13.6. The molecular formula is C21H15ClN2O. The van der Waals surface area contributed by atoms with E-state index in [1.807, 2.05) is 66.7 Å². The molecule has 0 spiro atoms. The summed E-state index contributed by atoms with van der Waals surface area (Å²) in [7, 11) is 0. The van der Waals surface area contributed by atoms with E-state index in [9.17, 15) is 0 Å². The lowest BCUT2D eigenvalue weighted by Gasteiger charge is -2.09. The highest BCUT2D eigenvalue weighted by Gasteiger charge is 2.10. The quantitative estimate of drug-likeness (QED) is 0.453. The number of aromatic nitrogens is 2. The third-order valence-corrected chi connectivity index (χ3v) is 4.35. The highest BCUT2D eigenvalue weighted by molar-refractivity contribution is 6.33. The summed E-state index contributed by atoms with van der Waals surface area (Å²) in [6, 6.07) is 21.5. The Morgan fingerprint density at radius 1 is 0.880 bits per heavy atom. The monoisotopic (exact) mass is 346 g/mol. The zero-order valence-corrected chi connectivity index (χ0v) is 14.4. The van der Waals surface area contributed by atoms with E-state index >= 15 is 0 Å².